The maximum absolute atomic E-state index is 13.8. The molecule has 17 heteroatoms. The topological polar surface area (TPSA) is 147 Å². The largest absolute Gasteiger partial charge is 0.417 e. The molecule has 4 amide bonds. The van der Waals surface area contributed by atoms with Gasteiger partial charge in [0, 0.05) is 55.8 Å². The molecule has 13 nitrogen and oxygen atoms in total. The summed E-state index contributed by atoms with van der Waals surface area (Å²) in [6.07, 6.45) is 1.72. The first kappa shape index (κ1) is 43.6. The van der Waals surface area contributed by atoms with E-state index in [0.29, 0.717) is 23.7 Å². The van der Waals surface area contributed by atoms with Crippen LogP contribution in [0.2, 0.25) is 0 Å². The molecule has 1 aliphatic carbocycles. The van der Waals surface area contributed by atoms with Crippen molar-refractivity contribution in [3.63, 3.8) is 0 Å². The number of aromatic nitrogens is 2. The number of benzene rings is 2. The van der Waals surface area contributed by atoms with Gasteiger partial charge in [-0.1, -0.05) is 12.1 Å². The van der Waals surface area contributed by atoms with E-state index in [1.807, 2.05) is 23.1 Å². The number of carbonyl (C=O) groups is 4. The summed E-state index contributed by atoms with van der Waals surface area (Å²) >= 11 is 4.80. The molecular weight excluding hydrogens is 796 g/mol. The summed E-state index contributed by atoms with van der Waals surface area (Å²) in [4.78, 5) is 59.7. The Bertz CT molecular complexity index is 2190. The molecule has 1 aromatic heterocycles. The smallest absolute Gasteiger partial charge is 0.323 e. The number of para-hydroxylation sites is 1. The summed E-state index contributed by atoms with van der Waals surface area (Å²) in [5.74, 6) is -1.08. The number of rotatable bonds is 10. The molecule has 0 radical (unpaired) electrons. The van der Waals surface area contributed by atoms with Crippen molar-refractivity contribution in [2.75, 3.05) is 36.4 Å². The second kappa shape index (κ2) is 17.1. The predicted octanol–water partition coefficient (Wildman–Crippen LogP) is 6.00. The number of carbonyl (C=O) groups excluding carboxylic acids is 4. The van der Waals surface area contributed by atoms with E-state index in [1.54, 1.807) is 31.6 Å². The molecule has 3 aromatic rings. The molecule has 2 N–H and O–H groups in total. The fourth-order valence-corrected chi connectivity index (χ4v) is 10.9. The third-order valence-electron chi connectivity index (χ3n) is 13.1. The fraction of sp³-hybridized carbons (Fsp3) is 0.581. The van der Waals surface area contributed by atoms with Gasteiger partial charge in [0.25, 0.3) is 0 Å². The van der Waals surface area contributed by atoms with E-state index in [2.05, 4.69) is 39.4 Å². The molecule has 3 aliphatic heterocycles. The van der Waals surface area contributed by atoms with Crippen LogP contribution in [-0.2, 0) is 32.4 Å². The number of thiol groups is 1. The van der Waals surface area contributed by atoms with Crippen molar-refractivity contribution in [3.05, 3.63) is 53.2 Å². The van der Waals surface area contributed by atoms with E-state index >= 15 is 0 Å². The summed E-state index contributed by atoms with van der Waals surface area (Å²) in [5, 5.41) is 20.2. The number of nitrogens with one attached hydrogen (secondary N) is 2. The summed E-state index contributed by atoms with van der Waals surface area (Å²) in [6.45, 7) is 10.8. The molecule has 4 atom stereocenters. The Hall–Kier alpha value is -4.50. The number of halogens is 3. The summed E-state index contributed by atoms with van der Waals surface area (Å²) < 4.78 is 43.0. The van der Waals surface area contributed by atoms with Crippen LogP contribution in [0.1, 0.15) is 102 Å². The average molecular weight is 850 g/mol. The first-order valence-electron chi connectivity index (χ1n) is 20.9. The van der Waals surface area contributed by atoms with E-state index in [4.69, 9.17) is 12.6 Å². The number of hydrogen-bond donors (Lipinski definition) is 3. The minimum atomic E-state index is -4.74. The Balaban J connectivity index is 0.883. The Morgan fingerprint density at radius 2 is 1.75 bits per heavy atom. The van der Waals surface area contributed by atoms with Crippen molar-refractivity contribution in [1.82, 2.24) is 29.8 Å². The van der Waals surface area contributed by atoms with Gasteiger partial charge in [0.2, 0.25) is 23.6 Å². The van der Waals surface area contributed by atoms with Crippen molar-refractivity contribution in [2.24, 2.45) is 13.0 Å². The molecule has 1 saturated carbocycles. The van der Waals surface area contributed by atoms with Gasteiger partial charge in [0.05, 0.1) is 52.1 Å². The zero-order valence-corrected chi connectivity index (χ0v) is 35.7. The SMILES string of the molecule is C[C@@H]1CN(CCCC2CCC(N3C(S)N(c4ccc(C#N)c(C(F)(F)F)c4)C(=O)C3(C)C)CC2)C[C@H](C)N1CC(=O)Nc1cccc2c(C3CCC(=O)NC3=O)nn(C)c12. The Kier molecular flexibility index (Phi) is 12.4. The lowest BCUT2D eigenvalue weighted by Crippen LogP contribution is -2.58. The molecule has 3 saturated heterocycles. The quantitative estimate of drug-likeness (QED) is 0.165. The molecule has 322 valence electrons. The van der Waals surface area contributed by atoms with Crippen LogP contribution in [0.3, 0.4) is 0 Å². The molecule has 2 aromatic carbocycles. The van der Waals surface area contributed by atoms with Crippen LogP contribution in [0.4, 0.5) is 24.5 Å². The average Bonchev–Trinajstić information content (AvgIpc) is 3.61. The molecule has 4 fully saturated rings. The number of hydrogen-bond acceptors (Lipinski definition) is 10. The number of amides is 4. The minimum absolute atomic E-state index is 0.0486. The molecule has 0 bridgehead atoms. The maximum Gasteiger partial charge on any atom is 0.417 e. The van der Waals surface area contributed by atoms with Crippen molar-refractivity contribution in [1.29, 1.82) is 5.26 Å². The number of piperidine rings is 1. The van der Waals surface area contributed by atoms with E-state index in [-0.39, 0.29) is 60.4 Å². The first-order valence-corrected chi connectivity index (χ1v) is 21.4. The third kappa shape index (κ3) is 8.53. The number of nitriles is 1. The number of imide groups is 1. The molecule has 4 aliphatic rings. The van der Waals surface area contributed by atoms with Crippen LogP contribution >= 0.6 is 12.6 Å². The van der Waals surface area contributed by atoms with Crippen LogP contribution in [0.15, 0.2) is 36.4 Å². The van der Waals surface area contributed by atoms with E-state index in [9.17, 15) is 37.6 Å². The first-order chi connectivity index (χ1) is 28.4. The van der Waals surface area contributed by atoms with Gasteiger partial charge < -0.3 is 10.2 Å². The maximum atomic E-state index is 13.8. The lowest BCUT2D eigenvalue weighted by molar-refractivity contribution is -0.138. The second-order valence-electron chi connectivity index (χ2n) is 17.5. The Morgan fingerprint density at radius 1 is 1.05 bits per heavy atom. The molecular formula is C43H54F3N9O4S. The number of fused-ring (bicyclic) bond motifs is 1. The molecule has 2 unspecified atom stereocenters. The van der Waals surface area contributed by atoms with Crippen molar-refractivity contribution < 1.29 is 32.3 Å². The predicted molar refractivity (Wildman–Crippen MR) is 224 cm³/mol. The molecule has 7 rings (SSSR count). The highest BCUT2D eigenvalue weighted by molar-refractivity contribution is 7.81. The van der Waals surface area contributed by atoms with Gasteiger partial charge in [-0.05, 0) is 109 Å². The van der Waals surface area contributed by atoms with Gasteiger partial charge in [0.15, 0.2) is 0 Å². The second-order valence-corrected chi connectivity index (χ2v) is 18.0. The fourth-order valence-electron chi connectivity index (χ4n) is 10.1. The highest BCUT2D eigenvalue weighted by Gasteiger charge is 2.54. The van der Waals surface area contributed by atoms with Gasteiger partial charge in [-0.25, -0.2) is 0 Å². The zero-order valence-electron chi connectivity index (χ0n) is 34.8. The summed E-state index contributed by atoms with van der Waals surface area (Å²) in [5.41, 5.74) is -1.25. The van der Waals surface area contributed by atoms with Crippen molar-refractivity contribution in [2.45, 2.75) is 120 Å². The van der Waals surface area contributed by atoms with Gasteiger partial charge in [-0.2, -0.15) is 23.5 Å². The number of anilines is 2. The zero-order chi connectivity index (χ0) is 43.3. The lowest BCUT2D eigenvalue weighted by Gasteiger charge is -2.44. The normalized spacial score (nSPS) is 27.0. The number of alkyl halides is 3. The van der Waals surface area contributed by atoms with Gasteiger partial charge in [-0.15, -0.1) is 12.6 Å². The van der Waals surface area contributed by atoms with Crippen LogP contribution in [0, 0.1) is 17.2 Å². The summed E-state index contributed by atoms with van der Waals surface area (Å²) in [6, 6.07) is 10.9. The van der Waals surface area contributed by atoms with Gasteiger partial charge in [-0.3, -0.25) is 43.9 Å². The number of nitrogens with zero attached hydrogens (tertiary/aromatic N) is 7. The molecule has 4 heterocycles. The Morgan fingerprint density at radius 3 is 2.40 bits per heavy atom. The lowest BCUT2D eigenvalue weighted by atomic mass is 9.81. The highest BCUT2D eigenvalue weighted by atomic mass is 32.1. The summed E-state index contributed by atoms with van der Waals surface area (Å²) in [7, 11) is 1.79. The van der Waals surface area contributed by atoms with E-state index < -0.39 is 34.3 Å². The standard InChI is InChI=1S/C43H54F3N9O4S/c1-25-22-52(23-26(2)53(25)24-36(57)48-34-10-6-9-31-37(50-51(5)38(31)34)32-17-18-35(56)49-39(32)58)19-7-8-27-11-14-29(15-12-27)55-41(60)54(40(59)42(55,3)4)30-16-13-28(21-47)33(20-30)43(44,45)46/h6,9-10,13,16,20,25-27,29,32,41,60H,7-8,11-12,14-15,17-19,22-24H2,1-5H3,(H,48,57)(H,49,56,58)/t25-,26+,27?,29?,32?,41?. The van der Waals surface area contributed by atoms with Crippen molar-refractivity contribution >= 4 is 58.5 Å². The number of piperazine rings is 1. The van der Waals surface area contributed by atoms with Crippen molar-refractivity contribution in [3.8, 4) is 6.07 Å². The van der Waals surface area contributed by atoms with Crippen LogP contribution in [0.25, 0.3) is 10.9 Å². The van der Waals surface area contributed by atoms with Gasteiger partial charge in [0.1, 0.15) is 5.50 Å². The monoisotopic (exact) mass is 849 g/mol. The van der Waals surface area contributed by atoms with Crippen LogP contribution in [-0.4, -0.2) is 103 Å². The van der Waals surface area contributed by atoms with E-state index in [1.165, 1.54) is 11.0 Å². The van der Waals surface area contributed by atoms with Crippen LogP contribution in [0.5, 0.6) is 0 Å². The van der Waals surface area contributed by atoms with Gasteiger partial charge >= 0.3 is 6.18 Å². The molecule has 0 spiro atoms. The third-order valence-corrected chi connectivity index (χ3v) is 13.6. The number of aryl methyl sites for hydroxylation is 1. The minimum Gasteiger partial charge on any atom is -0.323 e. The van der Waals surface area contributed by atoms with E-state index in [0.717, 1.165) is 81.2 Å². The molecule has 60 heavy (non-hydrogen) atoms. The highest BCUT2D eigenvalue weighted by Crippen LogP contribution is 2.44. The Labute approximate surface area is 354 Å². The van der Waals surface area contributed by atoms with Crippen LogP contribution < -0.4 is 15.5 Å².